The van der Waals surface area contributed by atoms with Crippen molar-refractivity contribution in [2.24, 2.45) is 5.73 Å². The molecular formula is C15H17F2N5O. The Balaban J connectivity index is 1.57. The summed E-state index contributed by atoms with van der Waals surface area (Å²) >= 11 is 0. The quantitative estimate of drug-likeness (QED) is 0.906. The van der Waals surface area contributed by atoms with Crippen LogP contribution in [0, 0.1) is 11.6 Å². The molecule has 1 atom stereocenters. The molecule has 2 N–H and O–H groups in total. The SMILES string of the molecule is N[C@@H](CC(=O)N1CCn2cnnc2C1)Cc1ccc(F)cc1F. The lowest BCUT2D eigenvalue weighted by molar-refractivity contribution is -0.133. The van der Waals surface area contributed by atoms with Gasteiger partial charge < -0.3 is 15.2 Å². The maximum Gasteiger partial charge on any atom is 0.224 e. The van der Waals surface area contributed by atoms with Crippen LogP contribution in [-0.4, -0.2) is 38.2 Å². The second kappa shape index (κ2) is 6.41. The third-order valence-corrected chi connectivity index (χ3v) is 3.93. The highest BCUT2D eigenvalue weighted by atomic mass is 19.1. The zero-order chi connectivity index (χ0) is 16.4. The number of nitrogens with two attached hydrogens (primary N) is 1. The topological polar surface area (TPSA) is 77.0 Å². The van der Waals surface area contributed by atoms with E-state index >= 15 is 0 Å². The van der Waals surface area contributed by atoms with Crippen LogP contribution >= 0.6 is 0 Å². The normalized spacial score (nSPS) is 15.3. The Morgan fingerprint density at radius 1 is 1.35 bits per heavy atom. The molecule has 0 fully saturated rings. The van der Waals surface area contributed by atoms with Gasteiger partial charge in [-0.25, -0.2) is 8.78 Å². The molecule has 1 amide bonds. The Kier molecular flexibility index (Phi) is 4.33. The van der Waals surface area contributed by atoms with E-state index in [9.17, 15) is 13.6 Å². The van der Waals surface area contributed by atoms with Gasteiger partial charge in [-0.1, -0.05) is 6.07 Å². The number of carbonyl (C=O) groups excluding carboxylic acids is 1. The molecule has 0 aliphatic carbocycles. The summed E-state index contributed by atoms with van der Waals surface area (Å²) in [5.74, 6) is -0.635. The number of nitrogens with zero attached hydrogens (tertiary/aromatic N) is 4. The Hall–Kier alpha value is -2.35. The second-order valence-electron chi connectivity index (χ2n) is 5.66. The molecule has 1 aliphatic rings. The van der Waals surface area contributed by atoms with Gasteiger partial charge in [0.05, 0.1) is 6.54 Å². The summed E-state index contributed by atoms with van der Waals surface area (Å²) in [6.07, 6.45) is 1.92. The summed E-state index contributed by atoms with van der Waals surface area (Å²) < 4.78 is 28.4. The minimum Gasteiger partial charge on any atom is -0.333 e. The molecule has 6 nitrogen and oxygen atoms in total. The van der Waals surface area contributed by atoms with Gasteiger partial charge in [-0.15, -0.1) is 10.2 Å². The van der Waals surface area contributed by atoms with E-state index in [1.807, 2.05) is 4.57 Å². The van der Waals surface area contributed by atoms with Crippen LogP contribution in [0.25, 0.3) is 0 Å². The zero-order valence-electron chi connectivity index (χ0n) is 12.5. The van der Waals surface area contributed by atoms with Gasteiger partial charge in [0, 0.05) is 31.6 Å². The molecule has 2 aromatic rings. The second-order valence-corrected chi connectivity index (χ2v) is 5.66. The van der Waals surface area contributed by atoms with E-state index in [0.717, 1.165) is 11.9 Å². The van der Waals surface area contributed by atoms with Crippen molar-refractivity contribution < 1.29 is 13.6 Å². The van der Waals surface area contributed by atoms with E-state index < -0.39 is 17.7 Å². The van der Waals surface area contributed by atoms with Crippen molar-refractivity contribution in [3.05, 3.63) is 47.5 Å². The fourth-order valence-corrected chi connectivity index (χ4v) is 2.67. The average molecular weight is 321 g/mol. The monoisotopic (exact) mass is 321 g/mol. The molecule has 3 rings (SSSR count). The number of hydrogen-bond donors (Lipinski definition) is 1. The van der Waals surface area contributed by atoms with Crippen molar-refractivity contribution in [1.29, 1.82) is 0 Å². The highest BCUT2D eigenvalue weighted by Gasteiger charge is 2.23. The molecule has 1 aromatic carbocycles. The molecule has 1 aliphatic heterocycles. The third-order valence-electron chi connectivity index (χ3n) is 3.93. The summed E-state index contributed by atoms with van der Waals surface area (Å²) in [6.45, 7) is 1.62. The molecule has 0 saturated carbocycles. The van der Waals surface area contributed by atoms with Gasteiger partial charge in [-0.05, 0) is 18.1 Å². The van der Waals surface area contributed by atoms with Crippen molar-refractivity contribution >= 4 is 5.91 Å². The van der Waals surface area contributed by atoms with E-state index in [1.165, 1.54) is 12.1 Å². The number of aromatic nitrogens is 3. The average Bonchev–Trinajstić information content (AvgIpc) is 2.97. The number of fused-ring (bicyclic) bond motifs is 1. The fraction of sp³-hybridized carbons (Fsp3) is 0.400. The predicted octanol–water partition coefficient (Wildman–Crippen LogP) is 0.859. The lowest BCUT2D eigenvalue weighted by Crippen LogP contribution is -2.41. The summed E-state index contributed by atoms with van der Waals surface area (Å²) in [6, 6.07) is 2.84. The van der Waals surface area contributed by atoms with Gasteiger partial charge in [0.1, 0.15) is 18.0 Å². The van der Waals surface area contributed by atoms with E-state index in [-0.39, 0.29) is 18.7 Å². The standard InChI is InChI=1S/C15H17F2N5O/c16-11-2-1-10(13(17)6-11)5-12(18)7-15(23)21-3-4-22-9-19-20-14(22)8-21/h1-2,6,9,12H,3-5,7-8,18H2/t12-/m1/s1. The van der Waals surface area contributed by atoms with Crippen LogP contribution in [0.15, 0.2) is 24.5 Å². The van der Waals surface area contributed by atoms with Gasteiger partial charge in [-0.3, -0.25) is 4.79 Å². The molecule has 0 bridgehead atoms. The van der Waals surface area contributed by atoms with Crippen LogP contribution in [0.3, 0.4) is 0 Å². The van der Waals surface area contributed by atoms with Crippen molar-refractivity contribution in [1.82, 2.24) is 19.7 Å². The first kappa shape index (κ1) is 15.5. The fourth-order valence-electron chi connectivity index (χ4n) is 2.67. The number of amides is 1. The van der Waals surface area contributed by atoms with Gasteiger partial charge in [0.25, 0.3) is 0 Å². The van der Waals surface area contributed by atoms with Gasteiger partial charge >= 0.3 is 0 Å². The molecule has 0 saturated heterocycles. The van der Waals surface area contributed by atoms with E-state index in [2.05, 4.69) is 10.2 Å². The minimum atomic E-state index is -0.640. The third kappa shape index (κ3) is 3.53. The molecular weight excluding hydrogens is 304 g/mol. The Labute approximate surface area is 131 Å². The van der Waals surface area contributed by atoms with Crippen LogP contribution in [0.5, 0.6) is 0 Å². The Morgan fingerprint density at radius 3 is 2.96 bits per heavy atom. The number of rotatable bonds is 4. The molecule has 2 heterocycles. The van der Waals surface area contributed by atoms with Crippen molar-refractivity contribution in [3.8, 4) is 0 Å². The molecule has 122 valence electrons. The van der Waals surface area contributed by atoms with Crippen LogP contribution in [-0.2, 0) is 24.3 Å². The summed E-state index contributed by atoms with van der Waals surface area (Å²) in [4.78, 5) is 14.0. The van der Waals surface area contributed by atoms with E-state index in [0.29, 0.717) is 25.2 Å². The van der Waals surface area contributed by atoms with E-state index in [1.54, 1.807) is 11.2 Å². The van der Waals surface area contributed by atoms with Gasteiger partial charge in [-0.2, -0.15) is 0 Å². The first-order chi connectivity index (χ1) is 11.0. The summed E-state index contributed by atoms with van der Waals surface area (Å²) in [5.41, 5.74) is 6.26. The zero-order valence-corrected chi connectivity index (χ0v) is 12.5. The highest BCUT2D eigenvalue weighted by molar-refractivity contribution is 5.76. The number of benzene rings is 1. The lowest BCUT2D eigenvalue weighted by atomic mass is 10.0. The first-order valence-electron chi connectivity index (χ1n) is 7.37. The molecule has 0 spiro atoms. The number of halogens is 2. The number of hydrogen-bond acceptors (Lipinski definition) is 4. The molecule has 0 unspecified atom stereocenters. The van der Waals surface area contributed by atoms with Crippen LogP contribution in [0.4, 0.5) is 8.78 Å². The van der Waals surface area contributed by atoms with Crippen LogP contribution in [0.2, 0.25) is 0 Å². The lowest BCUT2D eigenvalue weighted by Gasteiger charge is -2.28. The predicted molar refractivity (Wildman–Crippen MR) is 78.1 cm³/mol. The smallest absolute Gasteiger partial charge is 0.224 e. The molecule has 0 radical (unpaired) electrons. The van der Waals surface area contributed by atoms with Crippen molar-refractivity contribution in [2.75, 3.05) is 6.54 Å². The molecule has 8 heteroatoms. The number of carbonyl (C=O) groups is 1. The van der Waals surface area contributed by atoms with Crippen LogP contribution in [0.1, 0.15) is 17.8 Å². The van der Waals surface area contributed by atoms with Crippen LogP contribution < -0.4 is 5.73 Å². The highest BCUT2D eigenvalue weighted by Crippen LogP contribution is 2.14. The summed E-state index contributed by atoms with van der Waals surface area (Å²) in [5, 5.41) is 7.77. The van der Waals surface area contributed by atoms with Crippen molar-refractivity contribution in [3.63, 3.8) is 0 Å². The summed E-state index contributed by atoms with van der Waals surface area (Å²) in [7, 11) is 0. The van der Waals surface area contributed by atoms with Gasteiger partial charge in [0.2, 0.25) is 5.91 Å². The van der Waals surface area contributed by atoms with E-state index in [4.69, 9.17) is 5.73 Å². The molecule has 23 heavy (non-hydrogen) atoms. The molecule has 1 aromatic heterocycles. The van der Waals surface area contributed by atoms with Crippen molar-refractivity contribution in [2.45, 2.75) is 32.0 Å². The maximum atomic E-state index is 13.6. The first-order valence-corrected chi connectivity index (χ1v) is 7.37. The Morgan fingerprint density at radius 2 is 2.17 bits per heavy atom. The maximum absolute atomic E-state index is 13.6. The minimum absolute atomic E-state index is 0.102. The van der Waals surface area contributed by atoms with Gasteiger partial charge in [0.15, 0.2) is 5.82 Å². The largest absolute Gasteiger partial charge is 0.333 e. The Bertz CT molecular complexity index is 718.